The van der Waals surface area contributed by atoms with Gasteiger partial charge in [-0.2, -0.15) is 4.98 Å². The van der Waals surface area contributed by atoms with E-state index in [0.29, 0.717) is 16.9 Å². The SMILES string of the molecule is OC1CC2(CCCN(c3nc(Cl)nc4cc(Cl)nnc34)C2)C1. The minimum absolute atomic E-state index is 0.163. The number of rotatable bonds is 1. The first-order chi connectivity index (χ1) is 10.5. The van der Waals surface area contributed by atoms with Gasteiger partial charge in [-0.25, -0.2) is 4.98 Å². The fourth-order valence-corrected chi connectivity index (χ4v) is 4.06. The Balaban J connectivity index is 1.74. The molecule has 2 aromatic rings. The van der Waals surface area contributed by atoms with Crippen molar-refractivity contribution in [1.82, 2.24) is 20.2 Å². The van der Waals surface area contributed by atoms with Gasteiger partial charge in [-0.15, -0.1) is 10.2 Å². The van der Waals surface area contributed by atoms with Gasteiger partial charge in [0.05, 0.1) is 6.10 Å². The van der Waals surface area contributed by atoms with Crippen LogP contribution in [0.1, 0.15) is 25.7 Å². The maximum absolute atomic E-state index is 9.67. The molecule has 0 amide bonds. The molecule has 1 aliphatic carbocycles. The first-order valence-electron chi connectivity index (χ1n) is 7.34. The number of hydrogen-bond donors (Lipinski definition) is 1. The summed E-state index contributed by atoms with van der Waals surface area (Å²) in [7, 11) is 0. The zero-order chi connectivity index (χ0) is 15.3. The molecule has 1 aliphatic heterocycles. The maximum atomic E-state index is 9.67. The van der Waals surface area contributed by atoms with Crippen LogP contribution in [-0.4, -0.2) is 44.5 Å². The standard InChI is InChI=1S/C14H15Cl2N5O/c15-10-4-9-11(20-19-10)12(18-13(16)17-9)21-3-1-2-14(7-21)5-8(22)6-14/h4,8,22H,1-3,5-7H2. The summed E-state index contributed by atoms with van der Waals surface area (Å²) in [6, 6.07) is 1.65. The first kappa shape index (κ1) is 14.4. The van der Waals surface area contributed by atoms with Crippen molar-refractivity contribution in [1.29, 1.82) is 0 Å². The van der Waals surface area contributed by atoms with Crippen molar-refractivity contribution in [3.8, 4) is 0 Å². The van der Waals surface area contributed by atoms with E-state index < -0.39 is 0 Å². The summed E-state index contributed by atoms with van der Waals surface area (Å²) in [5, 5.41) is 18.2. The molecule has 0 bridgehead atoms. The van der Waals surface area contributed by atoms with Gasteiger partial charge in [0.25, 0.3) is 0 Å². The second-order valence-electron chi connectivity index (χ2n) is 6.30. The highest BCUT2D eigenvalue weighted by molar-refractivity contribution is 6.30. The number of aliphatic hydroxyl groups is 1. The zero-order valence-corrected chi connectivity index (χ0v) is 13.3. The van der Waals surface area contributed by atoms with E-state index in [1.165, 1.54) is 0 Å². The molecular weight excluding hydrogens is 325 g/mol. The highest BCUT2D eigenvalue weighted by Crippen LogP contribution is 2.48. The number of nitrogens with zero attached hydrogens (tertiary/aromatic N) is 5. The highest BCUT2D eigenvalue weighted by atomic mass is 35.5. The summed E-state index contributed by atoms with van der Waals surface area (Å²) < 4.78 is 0. The molecule has 1 spiro atoms. The minimum atomic E-state index is -0.163. The summed E-state index contributed by atoms with van der Waals surface area (Å²) in [5.41, 5.74) is 1.41. The predicted molar refractivity (Wildman–Crippen MR) is 84.3 cm³/mol. The van der Waals surface area contributed by atoms with Gasteiger partial charge < -0.3 is 10.0 Å². The van der Waals surface area contributed by atoms with Crippen LogP contribution in [0.15, 0.2) is 6.07 Å². The number of aliphatic hydroxyl groups excluding tert-OH is 1. The fourth-order valence-electron chi connectivity index (χ4n) is 3.75. The monoisotopic (exact) mass is 339 g/mol. The zero-order valence-electron chi connectivity index (χ0n) is 11.8. The third-order valence-electron chi connectivity index (χ3n) is 4.66. The normalized spacial score (nSPS) is 28.1. The Bertz CT molecular complexity index is 724. The van der Waals surface area contributed by atoms with E-state index >= 15 is 0 Å². The average Bonchev–Trinajstić information content (AvgIpc) is 2.44. The first-order valence-corrected chi connectivity index (χ1v) is 8.10. The topological polar surface area (TPSA) is 75.0 Å². The molecule has 4 rings (SSSR count). The molecule has 8 heteroatoms. The highest BCUT2D eigenvalue weighted by Gasteiger charge is 2.46. The Morgan fingerprint density at radius 2 is 2.05 bits per heavy atom. The van der Waals surface area contributed by atoms with E-state index in [4.69, 9.17) is 23.2 Å². The fraction of sp³-hybridized carbons (Fsp3) is 0.571. The molecule has 1 N–H and O–H groups in total. The van der Waals surface area contributed by atoms with Gasteiger partial charge >= 0.3 is 0 Å². The molecule has 0 unspecified atom stereocenters. The average molecular weight is 340 g/mol. The Hall–Kier alpha value is -1.24. The van der Waals surface area contributed by atoms with E-state index in [2.05, 4.69) is 25.1 Å². The van der Waals surface area contributed by atoms with Crippen molar-refractivity contribution in [2.45, 2.75) is 31.8 Å². The molecule has 0 radical (unpaired) electrons. The van der Waals surface area contributed by atoms with E-state index in [1.807, 2.05) is 0 Å². The van der Waals surface area contributed by atoms with Gasteiger partial charge in [0.1, 0.15) is 5.52 Å². The Labute approximate surface area is 137 Å². The lowest BCUT2D eigenvalue weighted by molar-refractivity contribution is -0.0396. The molecule has 2 aromatic heterocycles. The molecular formula is C14H15Cl2N5O. The predicted octanol–water partition coefficient (Wildman–Crippen LogP) is 2.47. The van der Waals surface area contributed by atoms with Crippen LogP contribution in [0, 0.1) is 5.41 Å². The van der Waals surface area contributed by atoms with Crippen molar-refractivity contribution >= 4 is 40.1 Å². The van der Waals surface area contributed by atoms with Crippen molar-refractivity contribution in [2.75, 3.05) is 18.0 Å². The van der Waals surface area contributed by atoms with Crippen molar-refractivity contribution in [3.63, 3.8) is 0 Å². The molecule has 1 saturated carbocycles. The quantitative estimate of drug-likeness (QED) is 0.804. The molecule has 1 saturated heterocycles. The molecule has 2 aliphatic rings. The molecule has 116 valence electrons. The van der Waals surface area contributed by atoms with Crippen LogP contribution in [0.5, 0.6) is 0 Å². The third kappa shape index (κ3) is 2.39. The second kappa shape index (κ2) is 5.15. The molecule has 22 heavy (non-hydrogen) atoms. The number of fused-ring (bicyclic) bond motifs is 1. The van der Waals surface area contributed by atoms with Crippen molar-refractivity contribution < 1.29 is 5.11 Å². The number of halogens is 2. The lowest BCUT2D eigenvalue weighted by Crippen LogP contribution is -2.52. The van der Waals surface area contributed by atoms with Crippen LogP contribution in [0.3, 0.4) is 0 Å². The van der Waals surface area contributed by atoms with E-state index in [-0.39, 0.29) is 22.0 Å². The number of piperidine rings is 1. The Morgan fingerprint density at radius 1 is 1.23 bits per heavy atom. The minimum Gasteiger partial charge on any atom is -0.393 e. The Morgan fingerprint density at radius 3 is 2.82 bits per heavy atom. The van der Waals surface area contributed by atoms with Crippen LogP contribution in [0.4, 0.5) is 5.82 Å². The number of aromatic nitrogens is 4. The van der Waals surface area contributed by atoms with Gasteiger partial charge in [0, 0.05) is 19.2 Å². The van der Waals surface area contributed by atoms with Crippen LogP contribution >= 0.6 is 23.2 Å². The van der Waals surface area contributed by atoms with Gasteiger partial charge in [0.15, 0.2) is 16.5 Å². The van der Waals surface area contributed by atoms with Crippen molar-refractivity contribution in [2.24, 2.45) is 5.41 Å². The molecule has 0 aromatic carbocycles. The second-order valence-corrected chi connectivity index (χ2v) is 7.03. The van der Waals surface area contributed by atoms with Gasteiger partial charge in [-0.05, 0) is 42.7 Å². The molecule has 2 fully saturated rings. The Kier molecular flexibility index (Phi) is 3.36. The van der Waals surface area contributed by atoms with Crippen molar-refractivity contribution in [3.05, 3.63) is 16.5 Å². The largest absolute Gasteiger partial charge is 0.393 e. The summed E-state index contributed by atoms with van der Waals surface area (Å²) in [4.78, 5) is 10.7. The van der Waals surface area contributed by atoms with Gasteiger partial charge in [0.2, 0.25) is 5.28 Å². The maximum Gasteiger partial charge on any atom is 0.225 e. The van der Waals surface area contributed by atoms with Crippen LogP contribution in [0.25, 0.3) is 11.0 Å². The smallest absolute Gasteiger partial charge is 0.225 e. The molecule has 6 nitrogen and oxygen atoms in total. The summed E-state index contributed by atoms with van der Waals surface area (Å²) in [6.45, 7) is 1.75. The lowest BCUT2D eigenvalue weighted by atomic mass is 9.62. The van der Waals surface area contributed by atoms with E-state index in [0.717, 1.165) is 38.8 Å². The summed E-state index contributed by atoms with van der Waals surface area (Å²) in [6.07, 6.45) is 3.77. The van der Waals surface area contributed by atoms with Gasteiger partial charge in [-0.1, -0.05) is 11.6 Å². The number of anilines is 1. The van der Waals surface area contributed by atoms with Gasteiger partial charge in [-0.3, -0.25) is 0 Å². The number of hydrogen-bond acceptors (Lipinski definition) is 6. The molecule has 3 heterocycles. The lowest BCUT2D eigenvalue weighted by Gasteiger charge is -2.51. The summed E-state index contributed by atoms with van der Waals surface area (Å²) >= 11 is 11.9. The van der Waals surface area contributed by atoms with E-state index in [9.17, 15) is 5.11 Å². The third-order valence-corrected chi connectivity index (χ3v) is 5.02. The van der Waals surface area contributed by atoms with Crippen LogP contribution < -0.4 is 4.90 Å². The van der Waals surface area contributed by atoms with Crippen LogP contribution in [0.2, 0.25) is 10.4 Å². The summed E-state index contributed by atoms with van der Waals surface area (Å²) in [5.74, 6) is 0.708. The molecule has 0 atom stereocenters. The van der Waals surface area contributed by atoms with Crippen LogP contribution in [-0.2, 0) is 0 Å². The van der Waals surface area contributed by atoms with E-state index in [1.54, 1.807) is 6.07 Å².